The molecule has 1 aliphatic heterocycles. The van der Waals surface area contributed by atoms with E-state index in [4.69, 9.17) is 0 Å². The van der Waals surface area contributed by atoms with Crippen molar-refractivity contribution in [3.8, 4) is 0 Å². The van der Waals surface area contributed by atoms with Crippen LogP contribution in [0.3, 0.4) is 0 Å². The molecule has 0 radical (unpaired) electrons. The van der Waals surface area contributed by atoms with Crippen LogP contribution in [0, 0.1) is 0 Å². The van der Waals surface area contributed by atoms with Crippen molar-refractivity contribution in [3.63, 3.8) is 0 Å². The molecule has 6 heteroatoms. The Labute approximate surface area is 137 Å². The Morgan fingerprint density at radius 2 is 1.74 bits per heavy atom. The van der Waals surface area contributed by atoms with E-state index in [0.717, 1.165) is 38.5 Å². The standard InChI is InChI=1S/C17H27N3O3/c21-14(18-13-7-3-1-2-4-8-13)9-12-20-15(22)17(19-16(20)23)10-5-6-11-17/h13H,1-12H2,(H,18,21)(H,19,23). The van der Waals surface area contributed by atoms with E-state index in [1.54, 1.807) is 0 Å². The molecule has 4 amide bonds. The zero-order valence-corrected chi connectivity index (χ0v) is 13.7. The summed E-state index contributed by atoms with van der Waals surface area (Å²) in [5, 5.41) is 5.91. The third-order valence-corrected chi connectivity index (χ3v) is 5.49. The smallest absolute Gasteiger partial charge is 0.325 e. The maximum atomic E-state index is 12.5. The number of nitrogens with zero attached hydrogens (tertiary/aromatic N) is 1. The summed E-state index contributed by atoms with van der Waals surface area (Å²) in [4.78, 5) is 37.9. The first kappa shape index (κ1) is 16.3. The summed E-state index contributed by atoms with van der Waals surface area (Å²) in [6, 6.07) is -0.0755. The summed E-state index contributed by atoms with van der Waals surface area (Å²) >= 11 is 0. The van der Waals surface area contributed by atoms with Crippen molar-refractivity contribution in [1.29, 1.82) is 0 Å². The highest BCUT2D eigenvalue weighted by Crippen LogP contribution is 2.35. The fraction of sp³-hybridized carbons (Fsp3) is 0.824. The number of hydrogen-bond donors (Lipinski definition) is 2. The number of hydrogen-bond acceptors (Lipinski definition) is 3. The lowest BCUT2D eigenvalue weighted by molar-refractivity contribution is -0.131. The fourth-order valence-electron chi connectivity index (χ4n) is 4.13. The normalized spacial score (nSPS) is 24.8. The van der Waals surface area contributed by atoms with Gasteiger partial charge in [0, 0.05) is 19.0 Å². The Morgan fingerprint density at radius 1 is 1.09 bits per heavy atom. The zero-order chi connectivity index (χ0) is 16.3. The number of carbonyl (C=O) groups excluding carboxylic acids is 3. The Bertz CT molecular complexity index is 477. The lowest BCUT2D eigenvalue weighted by Crippen LogP contribution is -2.44. The molecule has 128 valence electrons. The second-order valence-corrected chi connectivity index (χ2v) is 7.18. The molecule has 0 aromatic rings. The van der Waals surface area contributed by atoms with Gasteiger partial charge < -0.3 is 10.6 Å². The molecule has 1 saturated heterocycles. The van der Waals surface area contributed by atoms with Crippen molar-refractivity contribution in [1.82, 2.24) is 15.5 Å². The Hall–Kier alpha value is -1.59. The van der Waals surface area contributed by atoms with E-state index in [0.29, 0.717) is 0 Å². The molecule has 2 aliphatic carbocycles. The third kappa shape index (κ3) is 3.51. The molecule has 2 N–H and O–H groups in total. The molecule has 3 rings (SSSR count). The molecule has 23 heavy (non-hydrogen) atoms. The second kappa shape index (κ2) is 6.89. The highest BCUT2D eigenvalue weighted by atomic mass is 16.2. The first-order valence-corrected chi connectivity index (χ1v) is 9.04. The largest absolute Gasteiger partial charge is 0.353 e. The van der Waals surface area contributed by atoms with Crippen molar-refractivity contribution < 1.29 is 14.4 Å². The first-order valence-electron chi connectivity index (χ1n) is 9.04. The lowest BCUT2D eigenvalue weighted by Gasteiger charge is -2.20. The van der Waals surface area contributed by atoms with Gasteiger partial charge in [0.15, 0.2) is 0 Å². The van der Waals surface area contributed by atoms with Crippen LogP contribution in [0.15, 0.2) is 0 Å². The van der Waals surface area contributed by atoms with Gasteiger partial charge in [-0.15, -0.1) is 0 Å². The molecule has 3 fully saturated rings. The summed E-state index contributed by atoms with van der Waals surface area (Å²) < 4.78 is 0. The summed E-state index contributed by atoms with van der Waals surface area (Å²) in [6.07, 6.45) is 10.5. The van der Waals surface area contributed by atoms with Gasteiger partial charge in [-0.3, -0.25) is 14.5 Å². The summed E-state index contributed by atoms with van der Waals surface area (Å²) in [5.74, 6) is -0.188. The number of amides is 4. The van der Waals surface area contributed by atoms with Crippen molar-refractivity contribution >= 4 is 17.8 Å². The quantitative estimate of drug-likeness (QED) is 0.614. The van der Waals surface area contributed by atoms with E-state index in [-0.39, 0.29) is 36.9 Å². The number of imide groups is 1. The Balaban J connectivity index is 1.48. The maximum absolute atomic E-state index is 12.5. The minimum Gasteiger partial charge on any atom is -0.353 e. The van der Waals surface area contributed by atoms with Crippen LogP contribution in [-0.4, -0.2) is 40.9 Å². The molecule has 6 nitrogen and oxygen atoms in total. The van der Waals surface area contributed by atoms with Gasteiger partial charge in [-0.1, -0.05) is 38.5 Å². The van der Waals surface area contributed by atoms with Crippen molar-refractivity contribution in [2.45, 2.75) is 82.2 Å². The predicted molar refractivity (Wildman–Crippen MR) is 85.7 cm³/mol. The van der Waals surface area contributed by atoms with Gasteiger partial charge in [0.1, 0.15) is 5.54 Å². The van der Waals surface area contributed by atoms with Crippen LogP contribution in [0.5, 0.6) is 0 Å². The van der Waals surface area contributed by atoms with Crippen LogP contribution in [0.1, 0.15) is 70.6 Å². The highest BCUT2D eigenvalue weighted by molar-refractivity contribution is 6.07. The van der Waals surface area contributed by atoms with Crippen LogP contribution < -0.4 is 10.6 Å². The van der Waals surface area contributed by atoms with Gasteiger partial charge in [0.25, 0.3) is 5.91 Å². The summed E-state index contributed by atoms with van der Waals surface area (Å²) in [7, 11) is 0. The zero-order valence-electron chi connectivity index (χ0n) is 13.7. The van der Waals surface area contributed by atoms with Gasteiger partial charge >= 0.3 is 6.03 Å². The van der Waals surface area contributed by atoms with E-state index in [1.165, 1.54) is 30.6 Å². The molecule has 0 unspecified atom stereocenters. The summed E-state index contributed by atoms with van der Waals surface area (Å²) in [6.45, 7) is 0.185. The van der Waals surface area contributed by atoms with Gasteiger partial charge in [-0.2, -0.15) is 0 Å². The molecule has 2 saturated carbocycles. The van der Waals surface area contributed by atoms with Gasteiger partial charge in [-0.05, 0) is 25.7 Å². The predicted octanol–water partition coefficient (Wildman–Crippen LogP) is 2.08. The molecule has 0 atom stereocenters. The molecule has 0 aromatic heterocycles. The SMILES string of the molecule is O=C(CCN1C(=O)NC2(CCCC2)C1=O)NC1CCCCCC1. The molecule has 0 aromatic carbocycles. The topological polar surface area (TPSA) is 78.5 Å². The Morgan fingerprint density at radius 3 is 2.39 bits per heavy atom. The van der Waals surface area contributed by atoms with Crippen LogP contribution in [-0.2, 0) is 9.59 Å². The van der Waals surface area contributed by atoms with E-state index in [9.17, 15) is 14.4 Å². The third-order valence-electron chi connectivity index (χ3n) is 5.49. The van der Waals surface area contributed by atoms with Crippen LogP contribution in [0.2, 0.25) is 0 Å². The number of carbonyl (C=O) groups is 3. The van der Waals surface area contributed by atoms with Crippen molar-refractivity contribution in [2.24, 2.45) is 0 Å². The minimum absolute atomic E-state index is 0.0510. The van der Waals surface area contributed by atoms with Gasteiger partial charge in [0.05, 0.1) is 0 Å². The van der Waals surface area contributed by atoms with E-state index in [1.807, 2.05) is 0 Å². The number of nitrogens with one attached hydrogen (secondary N) is 2. The van der Waals surface area contributed by atoms with Crippen LogP contribution in [0.4, 0.5) is 4.79 Å². The van der Waals surface area contributed by atoms with Crippen LogP contribution >= 0.6 is 0 Å². The lowest BCUT2D eigenvalue weighted by atomic mass is 9.98. The van der Waals surface area contributed by atoms with E-state index < -0.39 is 5.54 Å². The minimum atomic E-state index is -0.672. The van der Waals surface area contributed by atoms with Crippen LogP contribution in [0.25, 0.3) is 0 Å². The molecular weight excluding hydrogens is 294 g/mol. The monoisotopic (exact) mass is 321 g/mol. The molecule has 0 bridgehead atoms. The maximum Gasteiger partial charge on any atom is 0.325 e. The van der Waals surface area contributed by atoms with Gasteiger partial charge in [-0.25, -0.2) is 4.79 Å². The molecular formula is C17H27N3O3. The number of rotatable bonds is 4. The molecule has 1 spiro atoms. The van der Waals surface area contributed by atoms with Crippen molar-refractivity contribution in [3.05, 3.63) is 0 Å². The average Bonchev–Trinajstić information content (AvgIpc) is 2.96. The van der Waals surface area contributed by atoms with E-state index in [2.05, 4.69) is 10.6 Å². The van der Waals surface area contributed by atoms with Crippen molar-refractivity contribution in [2.75, 3.05) is 6.54 Å². The Kier molecular flexibility index (Phi) is 4.87. The second-order valence-electron chi connectivity index (χ2n) is 7.18. The number of urea groups is 1. The summed E-state index contributed by atoms with van der Waals surface area (Å²) in [5.41, 5.74) is -0.672. The highest BCUT2D eigenvalue weighted by Gasteiger charge is 2.52. The van der Waals surface area contributed by atoms with E-state index >= 15 is 0 Å². The fourth-order valence-corrected chi connectivity index (χ4v) is 4.13. The molecule has 1 heterocycles. The average molecular weight is 321 g/mol. The molecule has 3 aliphatic rings. The van der Waals surface area contributed by atoms with Gasteiger partial charge in [0.2, 0.25) is 5.91 Å². The first-order chi connectivity index (χ1) is 11.1.